The summed E-state index contributed by atoms with van der Waals surface area (Å²) >= 11 is 3.41. The van der Waals surface area contributed by atoms with Gasteiger partial charge in [-0.2, -0.15) is 0 Å². The Hall–Kier alpha value is -0.390. The smallest absolute Gasteiger partial charge is 0.148 e. The van der Waals surface area contributed by atoms with Crippen LogP contribution < -0.4 is 5.32 Å². The van der Waals surface area contributed by atoms with Crippen molar-refractivity contribution in [1.29, 1.82) is 0 Å². The van der Waals surface area contributed by atoms with E-state index in [9.17, 15) is 8.42 Å². The predicted octanol–water partition coefficient (Wildman–Crippen LogP) is 2.14. The van der Waals surface area contributed by atoms with E-state index in [1.54, 1.807) is 0 Å². The summed E-state index contributed by atoms with van der Waals surface area (Å²) in [6.07, 6.45) is 1.25. The third-order valence-electron chi connectivity index (χ3n) is 2.27. The number of sulfone groups is 1. The third-order valence-corrected chi connectivity index (χ3v) is 3.71. The summed E-state index contributed by atoms with van der Waals surface area (Å²) in [5, 5.41) is 3.18. The molecule has 0 fully saturated rings. The first-order valence-corrected chi connectivity index (χ1v) is 7.90. The van der Waals surface area contributed by atoms with Gasteiger partial charge in [-0.25, -0.2) is 8.42 Å². The maximum absolute atomic E-state index is 11.0. The van der Waals surface area contributed by atoms with Gasteiger partial charge < -0.3 is 5.32 Å². The van der Waals surface area contributed by atoms with Crippen LogP contribution in [0.1, 0.15) is 18.5 Å². The molecule has 1 aromatic carbocycles. The molecule has 1 atom stereocenters. The molecule has 0 saturated heterocycles. The van der Waals surface area contributed by atoms with E-state index in [1.165, 1.54) is 6.26 Å². The van der Waals surface area contributed by atoms with Crippen LogP contribution in [0.4, 0.5) is 0 Å². The Morgan fingerprint density at radius 1 is 1.44 bits per heavy atom. The Labute approximate surface area is 105 Å². The second kappa shape index (κ2) is 5.80. The standard InChI is InChI=1S/C11H16BrNO2S/c1-9(13-6-7-16(2,14)15)10-4-3-5-11(12)8-10/h3-5,8-9,13H,6-7H2,1-2H3. The van der Waals surface area contributed by atoms with Gasteiger partial charge in [0.15, 0.2) is 0 Å². The molecule has 0 aliphatic carbocycles. The zero-order chi connectivity index (χ0) is 12.2. The van der Waals surface area contributed by atoms with Gasteiger partial charge in [0.25, 0.3) is 0 Å². The van der Waals surface area contributed by atoms with E-state index in [0.717, 1.165) is 10.0 Å². The summed E-state index contributed by atoms with van der Waals surface area (Å²) in [4.78, 5) is 0. The van der Waals surface area contributed by atoms with Crippen LogP contribution in [0.3, 0.4) is 0 Å². The predicted molar refractivity (Wildman–Crippen MR) is 70.3 cm³/mol. The molecule has 16 heavy (non-hydrogen) atoms. The molecular weight excluding hydrogens is 290 g/mol. The van der Waals surface area contributed by atoms with Crippen molar-refractivity contribution in [2.45, 2.75) is 13.0 Å². The molecule has 0 bridgehead atoms. The molecule has 0 spiro atoms. The van der Waals surface area contributed by atoms with Gasteiger partial charge in [0, 0.05) is 23.3 Å². The number of nitrogens with one attached hydrogen (secondary N) is 1. The van der Waals surface area contributed by atoms with Crippen LogP contribution in [0.25, 0.3) is 0 Å². The molecule has 1 unspecified atom stereocenters. The van der Waals surface area contributed by atoms with E-state index in [2.05, 4.69) is 21.2 Å². The normalized spacial score (nSPS) is 13.7. The number of hydrogen-bond acceptors (Lipinski definition) is 3. The monoisotopic (exact) mass is 305 g/mol. The minimum Gasteiger partial charge on any atom is -0.309 e. The molecule has 0 aliphatic rings. The number of benzene rings is 1. The fourth-order valence-corrected chi connectivity index (χ4v) is 2.26. The first-order chi connectivity index (χ1) is 7.38. The highest BCUT2D eigenvalue weighted by molar-refractivity contribution is 9.10. The second-order valence-corrected chi connectivity index (χ2v) is 7.04. The molecule has 1 N–H and O–H groups in total. The Morgan fingerprint density at radius 2 is 2.12 bits per heavy atom. The van der Waals surface area contributed by atoms with Crippen LogP contribution in [0.15, 0.2) is 28.7 Å². The fraction of sp³-hybridized carbons (Fsp3) is 0.455. The van der Waals surface area contributed by atoms with E-state index in [0.29, 0.717) is 6.54 Å². The van der Waals surface area contributed by atoms with Crippen LogP contribution >= 0.6 is 15.9 Å². The van der Waals surface area contributed by atoms with Crippen molar-refractivity contribution in [3.63, 3.8) is 0 Å². The van der Waals surface area contributed by atoms with Crippen LogP contribution in [-0.2, 0) is 9.84 Å². The molecule has 0 heterocycles. The second-order valence-electron chi connectivity index (χ2n) is 3.86. The average molecular weight is 306 g/mol. The van der Waals surface area contributed by atoms with Gasteiger partial charge in [-0.05, 0) is 24.6 Å². The van der Waals surface area contributed by atoms with Crippen molar-refractivity contribution in [2.24, 2.45) is 0 Å². The maximum Gasteiger partial charge on any atom is 0.148 e. The molecule has 90 valence electrons. The van der Waals surface area contributed by atoms with Crippen LogP contribution in [0.2, 0.25) is 0 Å². The average Bonchev–Trinajstić information content (AvgIpc) is 2.15. The Kier molecular flexibility index (Phi) is 4.95. The van der Waals surface area contributed by atoms with Gasteiger partial charge in [-0.3, -0.25) is 0 Å². The van der Waals surface area contributed by atoms with Crippen LogP contribution in [0.5, 0.6) is 0 Å². The summed E-state index contributed by atoms with van der Waals surface area (Å²) in [5.74, 6) is 0.172. The summed E-state index contributed by atoms with van der Waals surface area (Å²) in [5.41, 5.74) is 1.14. The molecule has 0 aromatic heterocycles. The van der Waals surface area contributed by atoms with Crippen LogP contribution in [-0.4, -0.2) is 27.0 Å². The lowest BCUT2D eigenvalue weighted by atomic mass is 10.1. The lowest BCUT2D eigenvalue weighted by Crippen LogP contribution is -2.25. The quantitative estimate of drug-likeness (QED) is 0.906. The minimum absolute atomic E-state index is 0.152. The van der Waals surface area contributed by atoms with Crippen molar-refractivity contribution in [3.8, 4) is 0 Å². The van der Waals surface area contributed by atoms with Gasteiger partial charge in [-0.1, -0.05) is 28.1 Å². The summed E-state index contributed by atoms with van der Waals surface area (Å²) in [7, 11) is -2.88. The highest BCUT2D eigenvalue weighted by Gasteiger charge is 2.07. The summed E-state index contributed by atoms with van der Waals surface area (Å²) in [6, 6.07) is 8.13. The van der Waals surface area contributed by atoms with Crippen molar-refractivity contribution in [1.82, 2.24) is 5.32 Å². The zero-order valence-corrected chi connectivity index (χ0v) is 11.8. The molecular formula is C11H16BrNO2S. The third kappa shape index (κ3) is 5.09. The van der Waals surface area contributed by atoms with Crippen molar-refractivity contribution >= 4 is 25.8 Å². The topological polar surface area (TPSA) is 46.2 Å². The van der Waals surface area contributed by atoms with Gasteiger partial charge in [0.1, 0.15) is 9.84 Å². The Morgan fingerprint density at radius 3 is 2.69 bits per heavy atom. The van der Waals surface area contributed by atoms with E-state index in [-0.39, 0.29) is 11.8 Å². The first-order valence-electron chi connectivity index (χ1n) is 5.05. The lowest BCUT2D eigenvalue weighted by molar-refractivity contribution is 0.575. The minimum atomic E-state index is -2.88. The molecule has 5 heteroatoms. The first kappa shape index (κ1) is 13.7. The molecule has 0 amide bonds. The van der Waals surface area contributed by atoms with Crippen molar-refractivity contribution in [2.75, 3.05) is 18.6 Å². The molecule has 0 saturated carbocycles. The van der Waals surface area contributed by atoms with E-state index in [4.69, 9.17) is 0 Å². The SMILES string of the molecule is CC(NCCS(C)(=O)=O)c1cccc(Br)c1. The van der Waals surface area contributed by atoms with Crippen LogP contribution in [0, 0.1) is 0 Å². The molecule has 1 aromatic rings. The van der Waals surface area contributed by atoms with Gasteiger partial charge in [0.05, 0.1) is 5.75 Å². The Bertz CT molecular complexity index is 445. The highest BCUT2D eigenvalue weighted by atomic mass is 79.9. The fourth-order valence-electron chi connectivity index (χ4n) is 1.35. The number of rotatable bonds is 5. The molecule has 0 radical (unpaired) electrons. The van der Waals surface area contributed by atoms with Gasteiger partial charge in [-0.15, -0.1) is 0 Å². The Balaban J connectivity index is 2.50. The van der Waals surface area contributed by atoms with E-state index in [1.807, 2.05) is 31.2 Å². The van der Waals surface area contributed by atoms with Crippen molar-refractivity contribution < 1.29 is 8.42 Å². The van der Waals surface area contributed by atoms with E-state index < -0.39 is 9.84 Å². The van der Waals surface area contributed by atoms with Gasteiger partial charge >= 0.3 is 0 Å². The molecule has 0 aliphatic heterocycles. The molecule has 1 rings (SSSR count). The van der Waals surface area contributed by atoms with Gasteiger partial charge in [0.2, 0.25) is 0 Å². The maximum atomic E-state index is 11.0. The summed E-state index contributed by atoms with van der Waals surface area (Å²) < 4.78 is 22.9. The summed E-state index contributed by atoms with van der Waals surface area (Å²) in [6.45, 7) is 2.50. The highest BCUT2D eigenvalue weighted by Crippen LogP contribution is 2.17. The largest absolute Gasteiger partial charge is 0.309 e. The van der Waals surface area contributed by atoms with Crippen molar-refractivity contribution in [3.05, 3.63) is 34.3 Å². The number of hydrogen-bond donors (Lipinski definition) is 1. The van der Waals surface area contributed by atoms with E-state index >= 15 is 0 Å². The molecule has 3 nitrogen and oxygen atoms in total. The number of halogens is 1. The zero-order valence-electron chi connectivity index (χ0n) is 9.40. The lowest BCUT2D eigenvalue weighted by Gasteiger charge is -2.14.